The summed E-state index contributed by atoms with van der Waals surface area (Å²) < 4.78 is 5.89. The van der Waals surface area contributed by atoms with Gasteiger partial charge >= 0.3 is 0 Å². The Labute approximate surface area is 120 Å². The molecule has 2 aromatic rings. The van der Waals surface area contributed by atoms with Gasteiger partial charge in [0.25, 0.3) is 0 Å². The highest BCUT2D eigenvalue weighted by molar-refractivity contribution is 5.74. The van der Waals surface area contributed by atoms with Gasteiger partial charge in [-0.25, -0.2) is 0 Å². The first-order chi connectivity index (χ1) is 9.70. The Morgan fingerprint density at radius 3 is 2.30 bits per heavy atom. The van der Waals surface area contributed by atoms with E-state index in [4.69, 9.17) is 16.2 Å². The van der Waals surface area contributed by atoms with Crippen molar-refractivity contribution in [3.63, 3.8) is 0 Å². The van der Waals surface area contributed by atoms with Gasteiger partial charge in [-0.2, -0.15) is 0 Å². The fourth-order valence-electron chi connectivity index (χ4n) is 2.09. The third kappa shape index (κ3) is 3.67. The second-order valence-electron chi connectivity index (χ2n) is 4.93. The molecule has 0 aromatic heterocycles. The number of nitrogen functional groups attached to an aromatic ring is 2. The summed E-state index contributed by atoms with van der Waals surface area (Å²) in [4.78, 5) is 0. The number of ether oxygens (including phenoxy) is 1. The summed E-state index contributed by atoms with van der Waals surface area (Å²) in [5, 5.41) is 0. The third-order valence-corrected chi connectivity index (χ3v) is 3.23. The van der Waals surface area contributed by atoms with Crippen LogP contribution in [0.1, 0.15) is 26.2 Å². The molecule has 0 saturated carbocycles. The second kappa shape index (κ2) is 6.85. The van der Waals surface area contributed by atoms with Crippen molar-refractivity contribution in [3.05, 3.63) is 42.5 Å². The standard InChI is InChI=1S/C17H22N2O/c1-2-3-4-11-20-17-12-15(19)9-10-16(17)13-5-7-14(18)8-6-13/h5-10,12H,2-4,11,18-19H2,1H3. The van der Waals surface area contributed by atoms with Crippen LogP contribution in [-0.2, 0) is 0 Å². The zero-order valence-electron chi connectivity index (χ0n) is 11.9. The lowest BCUT2D eigenvalue weighted by Gasteiger charge is -2.12. The summed E-state index contributed by atoms with van der Waals surface area (Å²) in [6, 6.07) is 13.6. The van der Waals surface area contributed by atoms with Crippen LogP contribution in [0.15, 0.2) is 42.5 Å². The lowest BCUT2D eigenvalue weighted by Crippen LogP contribution is -1.99. The first kappa shape index (κ1) is 14.3. The minimum atomic E-state index is 0.717. The molecule has 4 N–H and O–H groups in total. The summed E-state index contributed by atoms with van der Waals surface area (Å²) >= 11 is 0. The maximum Gasteiger partial charge on any atom is 0.129 e. The Hall–Kier alpha value is -2.16. The quantitative estimate of drug-likeness (QED) is 0.614. The molecule has 0 spiro atoms. The van der Waals surface area contributed by atoms with Crippen molar-refractivity contribution in [1.82, 2.24) is 0 Å². The average molecular weight is 270 g/mol. The number of anilines is 2. The largest absolute Gasteiger partial charge is 0.493 e. The highest BCUT2D eigenvalue weighted by Crippen LogP contribution is 2.32. The lowest BCUT2D eigenvalue weighted by atomic mass is 10.0. The zero-order chi connectivity index (χ0) is 14.4. The van der Waals surface area contributed by atoms with Crippen LogP contribution in [0.25, 0.3) is 11.1 Å². The van der Waals surface area contributed by atoms with Gasteiger partial charge in [-0.1, -0.05) is 31.9 Å². The molecule has 0 aliphatic rings. The maximum atomic E-state index is 5.89. The van der Waals surface area contributed by atoms with Crippen LogP contribution in [0.5, 0.6) is 5.75 Å². The molecule has 0 bridgehead atoms. The van der Waals surface area contributed by atoms with Gasteiger partial charge < -0.3 is 16.2 Å². The predicted octanol–water partition coefficient (Wildman–Crippen LogP) is 4.09. The van der Waals surface area contributed by atoms with E-state index in [1.165, 1.54) is 12.8 Å². The Morgan fingerprint density at radius 2 is 1.60 bits per heavy atom. The third-order valence-electron chi connectivity index (χ3n) is 3.23. The van der Waals surface area contributed by atoms with Crippen molar-refractivity contribution in [3.8, 4) is 16.9 Å². The van der Waals surface area contributed by atoms with Crippen LogP contribution >= 0.6 is 0 Å². The summed E-state index contributed by atoms with van der Waals surface area (Å²) in [7, 11) is 0. The van der Waals surface area contributed by atoms with Crippen molar-refractivity contribution < 1.29 is 4.74 Å². The van der Waals surface area contributed by atoms with E-state index in [2.05, 4.69) is 6.92 Å². The Bertz CT molecular complexity index is 549. The number of benzene rings is 2. The summed E-state index contributed by atoms with van der Waals surface area (Å²) in [5.41, 5.74) is 15.2. The van der Waals surface area contributed by atoms with Crippen molar-refractivity contribution in [1.29, 1.82) is 0 Å². The minimum absolute atomic E-state index is 0.717. The van der Waals surface area contributed by atoms with E-state index in [-0.39, 0.29) is 0 Å². The second-order valence-corrected chi connectivity index (χ2v) is 4.93. The highest BCUT2D eigenvalue weighted by Gasteiger charge is 2.07. The normalized spacial score (nSPS) is 10.4. The zero-order valence-corrected chi connectivity index (χ0v) is 11.9. The SMILES string of the molecule is CCCCCOc1cc(N)ccc1-c1ccc(N)cc1. The molecule has 0 atom stereocenters. The smallest absolute Gasteiger partial charge is 0.129 e. The molecular formula is C17H22N2O. The average Bonchev–Trinajstić information content (AvgIpc) is 2.45. The molecule has 0 radical (unpaired) electrons. The molecule has 3 heteroatoms. The van der Waals surface area contributed by atoms with Crippen molar-refractivity contribution in [2.45, 2.75) is 26.2 Å². The van der Waals surface area contributed by atoms with Crippen LogP contribution in [0, 0.1) is 0 Å². The maximum absolute atomic E-state index is 5.89. The molecule has 2 aromatic carbocycles. The first-order valence-electron chi connectivity index (χ1n) is 7.09. The summed E-state index contributed by atoms with van der Waals surface area (Å²) in [5.74, 6) is 0.839. The number of unbranched alkanes of at least 4 members (excludes halogenated alkanes) is 2. The first-order valence-corrected chi connectivity index (χ1v) is 7.09. The van der Waals surface area contributed by atoms with E-state index in [0.29, 0.717) is 0 Å². The predicted molar refractivity (Wildman–Crippen MR) is 85.7 cm³/mol. The number of rotatable bonds is 6. The molecule has 0 fully saturated rings. The lowest BCUT2D eigenvalue weighted by molar-refractivity contribution is 0.307. The Kier molecular flexibility index (Phi) is 4.88. The van der Waals surface area contributed by atoms with Crippen LogP contribution in [0.4, 0.5) is 11.4 Å². The van der Waals surface area contributed by atoms with Gasteiger partial charge in [-0.05, 0) is 36.2 Å². The molecule has 0 unspecified atom stereocenters. The molecule has 3 nitrogen and oxygen atoms in total. The van der Waals surface area contributed by atoms with E-state index in [0.717, 1.165) is 41.3 Å². The molecule has 0 aliphatic carbocycles. The molecular weight excluding hydrogens is 248 g/mol. The van der Waals surface area contributed by atoms with Gasteiger partial charge in [0, 0.05) is 23.0 Å². The van der Waals surface area contributed by atoms with Crippen LogP contribution in [0.2, 0.25) is 0 Å². The topological polar surface area (TPSA) is 61.3 Å². The molecule has 0 amide bonds. The minimum Gasteiger partial charge on any atom is -0.493 e. The van der Waals surface area contributed by atoms with Crippen LogP contribution in [-0.4, -0.2) is 6.61 Å². The molecule has 2 rings (SSSR count). The van der Waals surface area contributed by atoms with Gasteiger partial charge in [0.05, 0.1) is 6.61 Å². The van der Waals surface area contributed by atoms with Crippen LogP contribution < -0.4 is 16.2 Å². The number of hydrogen-bond acceptors (Lipinski definition) is 3. The van der Waals surface area contributed by atoms with E-state index in [1.807, 2.05) is 42.5 Å². The highest BCUT2D eigenvalue weighted by atomic mass is 16.5. The van der Waals surface area contributed by atoms with E-state index in [9.17, 15) is 0 Å². The Morgan fingerprint density at radius 1 is 0.900 bits per heavy atom. The molecule has 0 heterocycles. The number of hydrogen-bond donors (Lipinski definition) is 2. The molecule has 0 saturated heterocycles. The van der Waals surface area contributed by atoms with E-state index in [1.54, 1.807) is 0 Å². The van der Waals surface area contributed by atoms with E-state index >= 15 is 0 Å². The van der Waals surface area contributed by atoms with Crippen molar-refractivity contribution in [2.75, 3.05) is 18.1 Å². The molecule has 20 heavy (non-hydrogen) atoms. The van der Waals surface area contributed by atoms with Gasteiger partial charge in [0.1, 0.15) is 5.75 Å². The van der Waals surface area contributed by atoms with Gasteiger partial charge in [0.2, 0.25) is 0 Å². The monoisotopic (exact) mass is 270 g/mol. The van der Waals surface area contributed by atoms with Crippen molar-refractivity contribution in [2.24, 2.45) is 0 Å². The summed E-state index contributed by atoms with van der Waals surface area (Å²) in [6.07, 6.45) is 3.43. The van der Waals surface area contributed by atoms with Crippen molar-refractivity contribution >= 4 is 11.4 Å². The molecule has 106 valence electrons. The van der Waals surface area contributed by atoms with Gasteiger partial charge in [0.15, 0.2) is 0 Å². The Balaban J connectivity index is 2.21. The van der Waals surface area contributed by atoms with E-state index < -0.39 is 0 Å². The van der Waals surface area contributed by atoms with Crippen LogP contribution in [0.3, 0.4) is 0 Å². The fourth-order valence-corrected chi connectivity index (χ4v) is 2.09. The number of nitrogens with two attached hydrogens (primary N) is 2. The van der Waals surface area contributed by atoms with Gasteiger partial charge in [-0.3, -0.25) is 0 Å². The molecule has 0 aliphatic heterocycles. The summed E-state index contributed by atoms with van der Waals surface area (Å²) in [6.45, 7) is 2.90. The van der Waals surface area contributed by atoms with Gasteiger partial charge in [-0.15, -0.1) is 0 Å². The fraction of sp³-hybridized carbons (Fsp3) is 0.294.